The van der Waals surface area contributed by atoms with Gasteiger partial charge >= 0.3 is 0 Å². The van der Waals surface area contributed by atoms with Crippen LogP contribution in [0, 0.1) is 11.6 Å². The molecular formula is C20H18F2N2O2. The van der Waals surface area contributed by atoms with Gasteiger partial charge in [0.25, 0.3) is 0 Å². The van der Waals surface area contributed by atoms with Crippen molar-refractivity contribution in [1.29, 1.82) is 0 Å². The Morgan fingerprint density at radius 1 is 1.08 bits per heavy atom. The predicted octanol–water partition coefficient (Wildman–Crippen LogP) is 2.70. The molecule has 1 saturated carbocycles. The second-order valence-electron chi connectivity index (χ2n) is 6.81. The number of benzene rings is 2. The SMILES string of the molecule is O=C1NCCN(C(=O)C2(c3ccccc3F)CC2)C1c1ccc(F)cc1. The molecule has 26 heavy (non-hydrogen) atoms. The van der Waals surface area contributed by atoms with Crippen LogP contribution in [0.2, 0.25) is 0 Å². The average Bonchev–Trinajstić information content (AvgIpc) is 3.44. The lowest BCUT2D eigenvalue weighted by Gasteiger charge is -2.37. The van der Waals surface area contributed by atoms with Crippen molar-refractivity contribution in [3.05, 3.63) is 71.3 Å². The number of amides is 2. The maximum atomic E-state index is 14.3. The molecule has 2 aromatic rings. The van der Waals surface area contributed by atoms with E-state index >= 15 is 0 Å². The van der Waals surface area contributed by atoms with Gasteiger partial charge in [0.15, 0.2) is 0 Å². The van der Waals surface area contributed by atoms with Crippen LogP contribution in [0.3, 0.4) is 0 Å². The van der Waals surface area contributed by atoms with E-state index in [4.69, 9.17) is 0 Å². The number of rotatable bonds is 3. The van der Waals surface area contributed by atoms with E-state index in [1.54, 1.807) is 18.2 Å². The number of hydrogen-bond acceptors (Lipinski definition) is 2. The molecule has 1 unspecified atom stereocenters. The van der Waals surface area contributed by atoms with Crippen molar-refractivity contribution < 1.29 is 18.4 Å². The number of carbonyl (C=O) groups excluding carboxylic acids is 2. The highest BCUT2D eigenvalue weighted by atomic mass is 19.1. The first-order valence-corrected chi connectivity index (χ1v) is 8.62. The van der Waals surface area contributed by atoms with Gasteiger partial charge in [-0.2, -0.15) is 0 Å². The minimum atomic E-state index is -0.902. The molecular weight excluding hydrogens is 338 g/mol. The van der Waals surface area contributed by atoms with E-state index in [9.17, 15) is 18.4 Å². The Balaban J connectivity index is 1.70. The molecule has 1 N–H and O–H groups in total. The topological polar surface area (TPSA) is 49.4 Å². The van der Waals surface area contributed by atoms with Gasteiger partial charge in [-0.3, -0.25) is 9.59 Å². The normalized spacial score (nSPS) is 21.2. The molecule has 134 valence electrons. The average molecular weight is 356 g/mol. The van der Waals surface area contributed by atoms with Crippen LogP contribution >= 0.6 is 0 Å². The summed E-state index contributed by atoms with van der Waals surface area (Å²) in [4.78, 5) is 27.3. The maximum absolute atomic E-state index is 14.3. The van der Waals surface area contributed by atoms with Crippen LogP contribution in [-0.2, 0) is 15.0 Å². The quantitative estimate of drug-likeness (QED) is 0.919. The van der Waals surface area contributed by atoms with Crippen LogP contribution in [0.15, 0.2) is 48.5 Å². The lowest BCUT2D eigenvalue weighted by Crippen LogP contribution is -2.54. The molecule has 2 aliphatic rings. The Hall–Kier alpha value is -2.76. The zero-order chi connectivity index (χ0) is 18.3. The van der Waals surface area contributed by atoms with E-state index < -0.39 is 23.1 Å². The van der Waals surface area contributed by atoms with Gasteiger partial charge in [-0.05, 0) is 36.6 Å². The fourth-order valence-electron chi connectivity index (χ4n) is 3.71. The molecule has 1 saturated heterocycles. The number of nitrogens with zero attached hydrogens (tertiary/aromatic N) is 1. The molecule has 2 amide bonds. The third-order valence-electron chi connectivity index (χ3n) is 5.21. The Morgan fingerprint density at radius 3 is 2.42 bits per heavy atom. The largest absolute Gasteiger partial charge is 0.352 e. The third kappa shape index (κ3) is 2.66. The molecule has 0 bridgehead atoms. The van der Waals surface area contributed by atoms with E-state index in [1.165, 1.54) is 35.2 Å². The molecule has 2 fully saturated rings. The van der Waals surface area contributed by atoms with E-state index in [0.29, 0.717) is 37.1 Å². The van der Waals surface area contributed by atoms with Crippen LogP contribution in [-0.4, -0.2) is 29.8 Å². The number of piperazine rings is 1. The van der Waals surface area contributed by atoms with Gasteiger partial charge < -0.3 is 10.2 Å². The molecule has 1 aliphatic carbocycles. The smallest absolute Gasteiger partial charge is 0.247 e. The lowest BCUT2D eigenvalue weighted by molar-refractivity contribution is -0.145. The van der Waals surface area contributed by atoms with Crippen LogP contribution in [0.5, 0.6) is 0 Å². The first kappa shape index (κ1) is 16.7. The zero-order valence-corrected chi connectivity index (χ0v) is 14.0. The molecule has 0 aromatic heterocycles. The summed E-state index contributed by atoms with van der Waals surface area (Å²) in [6.07, 6.45) is 1.11. The van der Waals surface area contributed by atoms with Gasteiger partial charge in [0.1, 0.15) is 17.7 Å². The lowest BCUT2D eigenvalue weighted by atomic mass is 9.91. The van der Waals surface area contributed by atoms with Crippen molar-refractivity contribution in [2.24, 2.45) is 0 Å². The van der Waals surface area contributed by atoms with Crippen molar-refractivity contribution >= 4 is 11.8 Å². The van der Waals surface area contributed by atoms with Gasteiger partial charge in [-0.1, -0.05) is 30.3 Å². The first-order valence-electron chi connectivity index (χ1n) is 8.62. The van der Waals surface area contributed by atoms with Crippen LogP contribution < -0.4 is 5.32 Å². The summed E-state index contributed by atoms with van der Waals surface area (Å²) in [7, 11) is 0. The highest BCUT2D eigenvalue weighted by Crippen LogP contribution is 2.51. The zero-order valence-electron chi connectivity index (χ0n) is 14.0. The summed E-state index contributed by atoms with van der Waals surface area (Å²) in [5.74, 6) is -1.36. The first-order chi connectivity index (χ1) is 12.5. The van der Waals surface area contributed by atoms with Crippen molar-refractivity contribution in [3.63, 3.8) is 0 Å². The summed E-state index contributed by atoms with van der Waals surface area (Å²) in [5, 5.41) is 2.75. The van der Waals surface area contributed by atoms with E-state index in [1.807, 2.05) is 0 Å². The molecule has 0 radical (unpaired) electrons. The fourth-order valence-corrected chi connectivity index (χ4v) is 3.71. The van der Waals surface area contributed by atoms with Crippen molar-refractivity contribution in [2.75, 3.05) is 13.1 Å². The highest BCUT2D eigenvalue weighted by Gasteiger charge is 2.56. The van der Waals surface area contributed by atoms with Gasteiger partial charge in [0, 0.05) is 18.7 Å². The second-order valence-corrected chi connectivity index (χ2v) is 6.81. The molecule has 1 aliphatic heterocycles. The van der Waals surface area contributed by atoms with Crippen molar-refractivity contribution in [3.8, 4) is 0 Å². The Bertz CT molecular complexity index is 862. The van der Waals surface area contributed by atoms with Gasteiger partial charge in [-0.25, -0.2) is 8.78 Å². The standard InChI is InChI=1S/C20H18F2N2O2/c21-14-7-5-13(6-8-14)17-18(25)23-11-12-24(17)19(26)20(9-10-20)15-3-1-2-4-16(15)22/h1-8,17H,9-12H2,(H,23,25). The Kier molecular flexibility index (Phi) is 3.98. The predicted molar refractivity (Wildman–Crippen MR) is 91.2 cm³/mol. The van der Waals surface area contributed by atoms with Crippen LogP contribution in [0.4, 0.5) is 8.78 Å². The summed E-state index contributed by atoms with van der Waals surface area (Å²) in [6.45, 7) is 0.679. The third-order valence-corrected chi connectivity index (χ3v) is 5.21. The molecule has 4 nitrogen and oxygen atoms in total. The van der Waals surface area contributed by atoms with Gasteiger partial charge in [0.05, 0.1) is 5.41 Å². The molecule has 1 heterocycles. The summed E-state index contributed by atoms with van der Waals surface area (Å²) >= 11 is 0. The van der Waals surface area contributed by atoms with Gasteiger partial charge in [0.2, 0.25) is 11.8 Å². The number of hydrogen-bond donors (Lipinski definition) is 1. The minimum absolute atomic E-state index is 0.244. The fraction of sp³-hybridized carbons (Fsp3) is 0.300. The summed E-state index contributed by atoms with van der Waals surface area (Å²) in [5.41, 5.74) is 0.0245. The summed E-state index contributed by atoms with van der Waals surface area (Å²) < 4.78 is 27.6. The highest BCUT2D eigenvalue weighted by molar-refractivity contribution is 5.96. The van der Waals surface area contributed by atoms with Gasteiger partial charge in [-0.15, -0.1) is 0 Å². The minimum Gasteiger partial charge on any atom is -0.352 e. The van der Waals surface area contributed by atoms with Crippen molar-refractivity contribution in [1.82, 2.24) is 10.2 Å². The maximum Gasteiger partial charge on any atom is 0.247 e. The summed E-state index contributed by atoms with van der Waals surface area (Å²) in [6, 6.07) is 11.0. The number of halogens is 2. The van der Waals surface area contributed by atoms with Crippen molar-refractivity contribution in [2.45, 2.75) is 24.3 Å². The Morgan fingerprint density at radius 2 is 1.77 bits per heavy atom. The molecule has 2 aromatic carbocycles. The molecule has 6 heteroatoms. The van der Waals surface area contributed by atoms with Crippen LogP contribution in [0.1, 0.15) is 30.0 Å². The number of nitrogens with one attached hydrogen (secondary N) is 1. The molecule has 1 atom stereocenters. The van der Waals surface area contributed by atoms with E-state index in [-0.39, 0.29) is 11.8 Å². The van der Waals surface area contributed by atoms with E-state index in [2.05, 4.69) is 5.32 Å². The number of carbonyl (C=O) groups is 2. The second kappa shape index (κ2) is 6.20. The van der Waals surface area contributed by atoms with Crippen LogP contribution in [0.25, 0.3) is 0 Å². The molecule has 4 rings (SSSR count). The molecule has 0 spiro atoms. The van der Waals surface area contributed by atoms with E-state index in [0.717, 1.165) is 0 Å². The Labute approximate surface area is 149 Å². The monoisotopic (exact) mass is 356 g/mol.